The van der Waals surface area contributed by atoms with Crippen molar-refractivity contribution >= 4 is 17.6 Å². The maximum Gasteiger partial charge on any atom is 0.252 e. The van der Waals surface area contributed by atoms with Gasteiger partial charge >= 0.3 is 0 Å². The molecule has 3 rings (SSSR count). The van der Waals surface area contributed by atoms with E-state index in [1.54, 1.807) is 14.2 Å². The molecule has 0 aromatic heterocycles. The Bertz CT molecular complexity index is 961. The third-order valence-corrected chi connectivity index (χ3v) is 4.72. The van der Waals surface area contributed by atoms with E-state index in [2.05, 4.69) is 5.32 Å². The first-order valence-electron chi connectivity index (χ1n) is 9.46. The van der Waals surface area contributed by atoms with Gasteiger partial charge in [0.1, 0.15) is 11.5 Å². The molecule has 0 fully saturated rings. The van der Waals surface area contributed by atoms with Crippen molar-refractivity contribution in [2.75, 3.05) is 14.2 Å². The monoisotopic (exact) mass is 387 g/mol. The number of rotatable bonds is 7. The summed E-state index contributed by atoms with van der Waals surface area (Å²) in [6, 6.07) is 24.9. The maximum atomic E-state index is 13.1. The lowest BCUT2D eigenvalue weighted by molar-refractivity contribution is -0.116. The van der Waals surface area contributed by atoms with Crippen LogP contribution in [0.1, 0.15) is 29.7 Å². The summed E-state index contributed by atoms with van der Waals surface area (Å²) in [5.41, 5.74) is 3.41. The molecule has 0 unspecified atom stereocenters. The minimum atomic E-state index is -0.142. The molecule has 1 atom stereocenters. The number of ether oxygens (including phenoxy) is 2. The van der Waals surface area contributed by atoms with Gasteiger partial charge in [-0.3, -0.25) is 4.79 Å². The SMILES string of the molecule is COc1ccc(/C=C(/C(=O)N[C@H](C)c2ccc(OC)cc2)c2ccccc2)cc1. The Morgan fingerprint density at radius 1 is 0.828 bits per heavy atom. The lowest BCUT2D eigenvalue weighted by Crippen LogP contribution is -2.27. The Morgan fingerprint density at radius 2 is 1.38 bits per heavy atom. The highest BCUT2D eigenvalue weighted by molar-refractivity contribution is 6.24. The molecule has 0 saturated heterocycles. The molecular weight excluding hydrogens is 362 g/mol. The van der Waals surface area contributed by atoms with Gasteiger partial charge in [-0.2, -0.15) is 0 Å². The molecule has 1 amide bonds. The Balaban J connectivity index is 1.86. The van der Waals surface area contributed by atoms with Crippen molar-refractivity contribution in [1.29, 1.82) is 0 Å². The molecule has 0 aliphatic rings. The van der Waals surface area contributed by atoms with Crippen LogP contribution in [0.15, 0.2) is 78.9 Å². The summed E-state index contributed by atoms with van der Waals surface area (Å²) >= 11 is 0. The van der Waals surface area contributed by atoms with E-state index in [4.69, 9.17) is 9.47 Å². The summed E-state index contributed by atoms with van der Waals surface area (Å²) in [5.74, 6) is 1.44. The van der Waals surface area contributed by atoms with Crippen LogP contribution in [0.5, 0.6) is 11.5 Å². The van der Waals surface area contributed by atoms with E-state index in [-0.39, 0.29) is 11.9 Å². The number of amides is 1. The van der Waals surface area contributed by atoms with E-state index in [1.807, 2.05) is 91.9 Å². The molecule has 3 aromatic carbocycles. The first-order valence-corrected chi connectivity index (χ1v) is 9.46. The van der Waals surface area contributed by atoms with Crippen LogP contribution in [0.2, 0.25) is 0 Å². The van der Waals surface area contributed by atoms with E-state index < -0.39 is 0 Å². The lowest BCUT2D eigenvalue weighted by Gasteiger charge is -2.17. The van der Waals surface area contributed by atoms with Crippen LogP contribution < -0.4 is 14.8 Å². The summed E-state index contributed by atoms with van der Waals surface area (Å²) in [6.45, 7) is 1.97. The van der Waals surface area contributed by atoms with Gasteiger partial charge in [0, 0.05) is 5.57 Å². The average Bonchev–Trinajstić information content (AvgIpc) is 2.78. The zero-order chi connectivity index (χ0) is 20.6. The second-order valence-electron chi connectivity index (χ2n) is 6.67. The van der Waals surface area contributed by atoms with Crippen molar-refractivity contribution in [3.8, 4) is 11.5 Å². The smallest absolute Gasteiger partial charge is 0.252 e. The normalized spacial score (nSPS) is 12.2. The summed E-state index contributed by atoms with van der Waals surface area (Å²) in [4.78, 5) is 13.1. The largest absolute Gasteiger partial charge is 0.497 e. The molecule has 0 saturated carbocycles. The number of hydrogen-bond donors (Lipinski definition) is 1. The van der Waals surface area contributed by atoms with Crippen molar-refractivity contribution in [3.05, 3.63) is 95.6 Å². The Labute approximate surface area is 171 Å². The summed E-state index contributed by atoms with van der Waals surface area (Å²) < 4.78 is 10.4. The zero-order valence-electron chi connectivity index (χ0n) is 16.9. The fourth-order valence-corrected chi connectivity index (χ4v) is 3.01. The predicted molar refractivity (Wildman–Crippen MR) is 117 cm³/mol. The van der Waals surface area contributed by atoms with Crippen LogP contribution in [-0.4, -0.2) is 20.1 Å². The lowest BCUT2D eigenvalue weighted by atomic mass is 10.0. The Hall–Kier alpha value is -3.53. The van der Waals surface area contributed by atoms with Crippen LogP contribution in [-0.2, 0) is 4.79 Å². The number of carbonyl (C=O) groups is 1. The molecule has 0 radical (unpaired) electrons. The molecule has 0 aliphatic carbocycles. The minimum Gasteiger partial charge on any atom is -0.497 e. The molecular formula is C25H25NO3. The molecule has 3 aromatic rings. The molecule has 4 nitrogen and oxygen atoms in total. The fourth-order valence-electron chi connectivity index (χ4n) is 3.01. The molecule has 29 heavy (non-hydrogen) atoms. The summed E-state index contributed by atoms with van der Waals surface area (Å²) in [5, 5.41) is 3.10. The van der Waals surface area contributed by atoms with Crippen LogP contribution in [0.3, 0.4) is 0 Å². The molecule has 0 heterocycles. The van der Waals surface area contributed by atoms with Crippen LogP contribution in [0.25, 0.3) is 11.6 Å². The van der Waals surface area contributed by atoms with Gasteiger partial charge in [0.25, 0.3) is 5.91 Å². The van der Waals surface area contributed by atoms with E-state index in [1.165, 1.54) is 0 Å². The van der Waals surface area contributed by atoms with Gasteiger partial charge in [0.05, 0.1) is 20.3 Å². The van der Waals surface area contributed by atoms with Crippen LogP contribution in [0, 0.1) is 0 Å². The number of benzene rings is 3. The van der Waals surface area contributed by atoms with Gasteiger partial charge in [-0.05, 0) is 54.0 Å². The van der Waals surface area contributed by atoms with Crippen molar-refractivity contribution < 1.29 is 14.3 Å². The van der Waals surface area contributed by atoms with E-state index in [0.717, 1.165) is 28.2 Å². The third kappa shape index (κ3) is 5.26. The predicted octanol–water partition coefficient (Wildman–Crippen LogP) is 5.12. The summed E-state index contributed by atoms with van der Waals surface area (Å²) in [6.07, 6.45) is 1.89. The van der Waals surface area contributed by atoms with Crippen LogP contribution in [0.4, 0.5) is 0 Å². The quantitative estimate of drug-likeness (QED) is 0.452. The van der Waals surface area contributed by atoms with Crippen molar-refractivity contribution in [1.82, 2.24) is 5.32 Å². The van der Waals surface area contributed by atoms with E-state index in [0.29, 0.717) is 5.57 Å². The van der Waals surface area contributed by atoms with Gasteiger partial charge in [-0.25, -0.2) is 0 Å². The molecule has 148 valence electrons. The minimum absolute atomic E-state index is 0.129. The average molecular weight is 387 g/mol. The topological polar surface area (TPSA) is 47.6 Å². The van der Waals surface area contributed by atoms with Crippen molar-refractivity contribution in [2.24, 2.45) is 0 Å². The molecule has 0 spiro atoms. The first kappa shape index (κ1) is 20.2. The number of carbonyl (C=O) groups excluding carboxylic acids is 1. The van der Waals surface area contributed by atoms with Gasteiger partial charge < -0.3 is 14.8 Å². The van der Waals surface area contributed by atoms with Crippen molar-refractivity contribution in [2.45, 2.75) is 13.0 Å². The second kappa shape index (κ2) is 9.60. The third-order valence-electron chi connectivity index (χ3n) is 4.72. The summed E-state index contributed by atoms with van der Waals surface area (Å²) in [7, 11) is 3.27. The molecule has 0 bridgehead atoms. The van der Waals surface area contributed by atoms with Gasteiger partial charge in [0.2, 0.25) is 0 Å². The van der Waals surface area contributed by atoms with Gasteiger partial charge in [-0.15, -0.1) is 0 Å². The Kier molecular flexibility index (Phi) is 6.69. The molecule has 1 N–H and O–H groups in total. The maximum absolute atomic E-state index is 13.1. The number of methoxy groups -OCH3 is 2. The van der Waals surface area contributed by atoms with Gasteiger partial charge in [0.15, 0.2) is 0 Å². The standard InChI is InChI=1S/C25H25NO3/c1-18(20-11-15-23(29-3)16-12-20)26-25(27)24(21-7-5-4-6-8-21)17-19-9-13-22(28-2)14-10-19/h4-18H,1-3H3,(H,26,27)/b24-17+/t18-/m1/s1. The molecule has 4 heteroatoms. The highest BCUT2D eigenvalue weighted by Gasteiger charge is 2.16. The van der Waals surface area contributed by atoms with Crippen LogP contribution >= 0.6 is 0 Å². The fraction of sp³-hybridized carbons (Fsp3) is 0.160. The molecule has 0 aliphatic heterocycles. The van der Waals surface area contributed by atoms with Crippen molar-refractivity contribution in [3.63, 3.8) is 0 Å². The highest BCUT2D eigenvalue weighted by atomic mass is 16.5. The Morgan fingerprint density at radius 3 is 1.93 bits per heavy atom. The van der Waals surface area contributed by atoms with E-state index >= 15 is 0 Å². The van der Waals surface area contributed by atoms with E-state index in [9.17, 15) is 4.79 Å². The first-order chi connectivity index (χ1) is 14.1. The number of nitrogens with one attached hydrogen (secondary N) is 1. The number of hydrogen-bond acceptors (Lipinski definition) is 3. The highest BCUT2D eigenvalue weighted by Crippen LogP contribution is 2.23. The van der Waals surface area contributed by atoms with Gasteiger partial charge in [-0.1, -0.05) is 54.6 Å². The second-order valence-corrected chi connectivity index (χ2v) is 6.67. The zero-order valence-corrected chi connectivity index (χ0v) is 16.9.